The Labute approximate surface area is 99.5 Å². The third kappa shape index (κ3) is 5.10. The minimum absolute atomic E-state index is 0.130. The largest absolute Gasteiger partial charge is 0.435 e. The quantitative estimate of drug-likeness (QED) is 0.751. The van der Waals surface area contributed by atoms with Gasteiger partial charge in [-0.1, -0.05) is 19.1 Å². The Kier molecular flexibility index (Phi) is 5.86. The van der Waals surface area contributed by atoms with Crippen molar-refractivity contribution in [2.24, 2.45) is 5.73 Å². The van der Waals surface area contributed by atoms with Crippen LogP contribution in [0.1, 0.15) is 24.9 Å². The van der Waals surface area contributed by atoms with Crippen LogP contribution in [0.25, 0.3) is 0 Å². The van der Waals surface area contributed by atoms with E-state index in [4.69, 9.17) is 10.5 Å². The van der Waals surface area contributed by atoms with E-state index in [1.165, 1.54) is 12.1 Å². The molecule has 96 valence electrons. The zero-order chi connectivity index (χ0) is 12.7. The molecule has 0 heterocycles. The van der Waals surface area contributed by atoms with E-state index in [1.54, 1.807) is 12.1 Å². The van der Waals surface area contributed by atoms with Crippen LogP contribution in [0.2, 0.25) is 0 Å². The fraction of sp³-hybridized carbons (Fsp3) is 0.500. The van der Waals surface area contributed by atoms with Gasteiger partial charge in [0, 0.05) is 6.61 Å². The highest BCUT2D eigenvalue weighted by molar-refractivity contribution is 5.29. The molecule has 1 rings (SSSR count). The topological polar surface area (TPSA) is 44.5 Å². The van der Waals surface area contributed by atoms with E-state index < -0.39 is 6.61 Å². The lowest BCUT2D eigenvalue weighted by molar-refractivity contribution is -0.0498. The Morgan fingerprint density at radius 2 is 1.88 bits per heavy atom. The molecular formula is C12H17F2NO2. The highest BCUT2D eigenvalue weighted by Crippen LogP contribution is 2.18. The Morgan fingerprint density at radius 3 is 2.41 bits per heavy atom. The van der Waals surface area contributed by atoms with Crippen molar-refractivity contribution in [2.45, 2.75) is 26.0 Å². The van der Waals surface area contributed by atoms with Crippen molar-refractivity contribution < 1.29 is 18.3 Å². The van der Waals surface area contributed by atoms with Gasteiger partial charge in [-0.2, -0.15) is 8.78 Å². The molecule has 0 amide bonds. The maximum Gasteiger partial charge on any atom is 0.387 e. The van der Waals surface area contributed by atoms with Crippen molar-refractivity contribution in [1.82, 2.24) is 0 Å². The van der Waals surface area contributed by atoms with Gasteiger partial charge in [-0.15, -0.1) is 0 Å². The first-order chi connectivity index (χ1) is 8.13. The molecule has 1 atom stereocenters. The molecule has 0 saturated carbocycles. The smallest absolute Gasteiger partial charge is 0.387 e. The number of halogens is 2. The van der Waals surface area contributed by atoms with Gasteiger partial charge in [0.2, 0.25) is 0 Å². The Bertz CT molecular complexity index is 317. The minimum atomic E-state index is -2.80. The van der Waals surface area contributed by atoms with Gasteiger partial charge in [0.1, 0.15) is 5.75 Å². The van der Waals surface area contributed by atoms with E-state index in [1.807, 2.05) is 6.92 Å². The summed E-state index contributed by atoms with van der Waals surface area (Å²) >= 11 is 0. The van der Waals surface area contributed by atoms with Crippen molar-refractivity contribution in [3.05, 3.63) is 29.8 Å². The molecule has 1 unspecified atom stereocenters. The molecule has 0 fully saturated rings. The molecule has 0 aliphatic rings. The van der Waals surface area contributed by atoms with Gasteiger partial charge in [-0.25, -0.2) is 0 Å². The monoisotopic (exact) mass is 245 g/mol. The lowest BCUT2D eigenvalue weighted by Crippen LogP contribution is -2.17. The van der Waals surface area contributed by atoms with E-state index in [9.17, 15) is 8.78 Å². The summed E-state index contributed by atoms with van der Waals surface area (Å²) in [6, 6.07) is 6.03. The molecule has 0 bridgehead atoms. The summed E-state index contributed by atoms with van der Waals surface area (Å²) in [4.78, 5) is 0. The molecule has 2 N–H and O–H groups in total. The van der Waals surface area contributed by atoms with Gasteiger partial charge in [0.15, 0.2) is 0 Å². The van der Waals surface area contributed by atoms with E-state index in [2.05, 4.69) is 4.74 Å². The molecule has 1 aromatic carbocycles. The summed E-state index contributed by atoms with van der Waals surface area (Å²) in [7, 11) is 0. The SMILES string of the molecule is CCCOCC(N)c1ccc(OC(F)F)cc1. The predicted molar refractivity (Wildman–Crippen MR) is 61.1 cm³/mol. The highest BCUT2D eigenvalue weighted by Gasteiger charge is 2.08. The highest BCUT2D eigenvalue weighted by atomic mass is 19.3. The lowest BCUT2D eigenvalue weighted by Gasteiger charge is -2.13. The van der Waals surface area contributed by atoms with Gasteiger partial charge in [-0.3, -0.25) is 0 Å². The van der Waals surface area contributed by atoms with Crippen LogP contribution in [-0.4, -0.2) is 19.8 Å². The molecule has 0 aromatic heterocycles. The first-order valence-corrected chi connectivity index (χ1v) is 5.51. The van der Waals surface area contributed by atoms with Gasteiger partial charge in [-0.05, 0) is 24.1 Å². The molecule has 0 aliphatic carbocycles. The molecule has 0 aliphatic heterocycles. The first-order valence-electron chi connectivity index (χ1n) is 5.51. The van der Waals surface area contributed by atoms with E-state index in [0.717, 1.165) is 12.0 Å². The molecular weight excluding hydrogens is 228 g/mol. The Hall–Kier alpha value is -1.20. The van der Waals surface area contributed by atoms with Crippen molar-refractivity contribution >= 4 is 0 Å². The third-order valence-corrected chi connectivity index (χ3v) is 2.18. The standard InChI is InChI=1S/C12H17F2NO2/c1-2-7-16-8-11(15)9-3-5-10(6-4-9)17-12(13)14/h3-6,11-12H,2,7-8,15H2,1H3. The first kappa shape index (κ1) is 13.9. The number of alkyl halides is 2. The van der Waals surface area contributed by atoms with Gasteiger partial charge in [0.05, 0.1) is 12.6 Å². The summed E-state index contributed by atoms with van der Waals surface area (Å²) in [5.74, 6) is 0.130. The summed E-state index contributed by atoms with van der Waals surface area (Å²) in [6.07, 6.45) is 0.938. The average Bonchev–Trinajstić information content (AvgIpc) is 2.29. The van der Waals surface area contributed by atoms with Crippen LogP contribution in [0.5, 0.6) is 5.75 Å². The number of benzene rings is 1. The fourth-order valence-electron chi connectivity index (χ4n) is 1.35. The molecule has 17 heavy (non-hydrogen) atoms. The van der Waals surface area contributed by atoms with Crippen molar-refractivity contribution in [2.75, 3.05) is 13.2 Å². The predicted octanol–water partition coefficient (Wildman–Crippen LogP) is 2.71. The second-order valence-corrected chi connectivity index (χ2v) is 3.63. The second-order valence-electron chi connectivity index (χ2n) is 3.63. The summed E-state index contributed by atoms with van der Waals surface area (Å²) in [5.41, 5.74) is 6.71. The van der Waals surface area contributed by atoms with E-state index in [0.29, 0.717) is 13.2 Å². The number of hydrogen-bond donors (Lipinski definition) is 1. The van der Waals surface area contributed by atoms with Crippen LogP contribution in [0.3, 0.4) is 0 Å². The van der Waals surface area contributed by atoms with Gasteiger partial charge in [0.25, 0.3) is 0 Å². The fourth-order valence-corrected chi connectivity index (χ4v) is 1.35. The number of hydrogen-bond acceptors (Lipinski definition) is 3. The van der Waals surface area contributed by atoms with Crippen LogP contribution >= 0.6 is 0 Å². The van der Waals surface area contributed by atoms with Crippen LogP contribution in [0, 0.1) is 0 Å². The number of ether oxygens (including phenoxy) is 2. The van der Waals surface area contributed by atoms with Crippen LogP contribution in [0.4, 0.5) is 8.78 Å². The minimum Gasteiger partial charge on any atom is -0.435 e. The third-order valence-electron chi connectivity index (χ3n) is 2.18. The second kappa shape index (κ2) is 7.19. The number of rotatable bonds is 7. The molecule has 0 saturated heterocycles. The van der Waals surface area contributed by atoms with Crippen molar-refractivity contribution in [3.63, 3.8) is 0 Å². The van der Waals surface area contributed by atoms with Crippen LogP contribution in [0.15, 0.2) is 24.3 Å². The van der Waals surface area contributed by atoms with Crippen molar-refractivity contribution in [1.29, 1.82) is 0 Å². The molecule has 1 aromatic rings. The zero-order valence-corrected chi connectivity index (χ0v) is 9.74. The van der Waals surface area contributed by atoms with E-state index >= 15 is 0 Å². The normalized spacial score (nSPS) is 12.8. The summed E-state index contributed by atoms with van der Waals surface area (Å²) in [6.45, 7) is 0.299. The van der Waals surface area contributed by atoms with Crippen LogP contribution < -0.4 is 10.5 Å². The number of nitrogens with two attached hydrogens (primary N) is 1. The summed E-state index contributed by atoms with van der Waals surface area (Å²) in [5, 5.41) is 0. The molecule has 5 heteroatoms. The Balaban J connectivity index is 2.48. The van der Waals surface area contributed by atoms with E-state index in [-0.39, 0.29) is 11.8 Å². The molecule has 0 spiro atoms. The lowest BCUT2D eigenvalue weighted by atomic mass is 10.1. The summed E-state index contributed by atoms with van der Waals surface area (Å²) < 4.78 is 33.4. The maximum atomic E-state index is 11.9. The molecule has 3 nitrogen and oxygen atoms in total. The van der Waals surface area contributed by atoms with Crippen molar-refractivity contribution in [3.8, 4) is 5.75 Å². The molecule has 0 radical (unpaired) electrons. The Morgan fingerprint density at radius 1 is 1.24 bits per heavy atom. The average molecular weight is 245 g/mol. The van der Waals surface area contributed by atoms with Crippen LogP contribution in [-0.2, 0) is 4.74 Å². The van der Waals surface area contributed by atoms with Gasteiger partial charge >= 0.3 is 6.61 Å². The van der Waals surface area contributed by atoms with Gasteiger partial charge < -0.3 is 15.2 Å². The maximum absolute atomic E-state index is 11.9. The zero-order valence-electron chi connectivity index (χ0n) is 9.74.